The van der Waals surface area contributed by atoms with E-state index < -0.39 is 0 Å². The van der Waals surface area contributed by atoms with Gasteiger partial charge in [-0.15, -0.1) is 0 Å². The van der Waals surface area contributed by atoms with Crippen LogP contribution in [0.3, 0.4) is 0 Å². The first-order valence-corrected chi connectivity index (χ1v) is 12.6. The molecule has 0 aliphatic carbocycles. The Balaban J connectivity index is 0.000000127. The summed E-state index contributed by atoms with van der Waals surface area (Å²) in [6, 6.07) is 20.9. The van der Waals surface area contributed by atoms with Crippen LogP contribution in [0.15, 0.2) is 91.6 Å². The van der Waals surface area contributed by atoms with Gasteiger partial charge in [-0.05, 0) is 77.4 Å². The van der Waals surface area contributed by atoms with Crippen LogP contribution >= 0.6 is 0 Å². The van der Waals surface area contributed by atoms with Gasteiger partial charge in [-0.1, -0.05) is 53.7 Å². The fraction of sp³-hybridized carbons (Fsp3) is 0.300. The molecular weight excluding hydrogens is 444 g/mol. The second-order valence-electron chi connectivity index (χ2n) is 9.91. The van der Waals surface area contributed by atoms with Crippen molar-refractivity contribution in [3.05, 3.63) is 108 Å². The van der Waals surface area contributed by atoms with E-state index in [1.807, 2.05) is 56.5 Å². The van der Waals surface area contributed by atoms with E-state index in [4.69, 9.17) is 0 Å². The SMILES string of the molecule is CC(C)c1ccc2ccnn2c1.CC(C)c1cccc2ccnn12.CC(C)c1ccn2nccc2c1. The minimum absolute atomic E-state index is 0.522. The Morgan fingerprint density at radius 3 is 1.94 bits per heavy atom. The zero-order valence-corrected chi connectivity index (χ0v) is 22.1. The fourth-order valence-corrected chi connectivity index (χ4v) is 3.98. The highest BCUT2D eigenvalue weighted by atomic mass is 15.2. The normalized spacial score (nSPS) is 11.2. The largest absolute Gasteiger partial charge is 0.241 e. The second kappa shape index (κ2) is 11.2. The van der Waals surface area contributed by atoms with Crippen molar-refractivity contribution >= 4 is 16.6 Å². The van der Waals surface area contributed by atoms with Gasteiger partial charge in [0, 0.05) is 36.7 Å². The summed E-state index contributed by atoms with van der Waals surface area (Å²) in [5.41, 5.74) is 7.44. The maximum atomic E-state index is 4.26. The van der Waals surface area contributed by atoms with Crippen LogP contribution in [0.2, 0.25) is 0 Å². The number of nitrogens with zero attached hydrogens (tertiary/aromatic N) is 6. The van der Waals surface area contributed by atoms with Crippen molar-refractivity contribution in [1.29, 1.82) is 0 Å². The first kappa shape index (κ1) is 25.2. The van der Waals surface area contributed by atoms with E-state index in [1.165, 1.54) is 27.9 Å². The molecule has 0 fully saturated rings. The van der Waals surface area contributed by atoms with Gasteiger partial charge in [0.2, 0.25) is 0 Å². The average Bonchev–Trinajstić information content (AvgIpc) is 3.63. The van der Waals surface area contributed by atoms with E-state index >= 15 is 0 Å². The molecule has 0 radical (unpaired) electrons. The Labute approximate surface area is 213 Å². The van der Waals surface area contributed by atoms with Crippen LogP contribution in [-0.2, 0) is 0 Å². The van der Waals surface area contributed by atoms with Crippen molar-refractivity contribution in [2.24, 2.45) is 0 Å². The summed E-state index contributed by atoms with van der Waals surface area (Å²) >= 11 is 0. The fourth-order valence-electron chi connectivity index (χ4n) is 3.98. The zero-order valence-electron chi connectivity index (χ0n) is 22.1. The minimum Gasteiger partial charge on any atom is -0.241 e. The Morgan fingerprint density at radius 1 is 0.556 bits per heavy atom. The van der Waals surface area contributed by atoms with Crippen molar-refractivity contribution < 1.29 is 0 Å². The Kier molecular flexibility index (Phi) is 7.84. The Bertz CT molecular complexity index is 1450. The van der Waals surface area contributed by atoms with Gasteiger partial charge in [0.1, 0.15) is 0 Å². The smallest absolute Gasteiger partial charge is 0.0664 e. The topological polar surface area (TPSA) is 51.9 Å². The summed E-state index contributed by atoms with van der Waals surface area (Å²) in [6.45, 7) is 13.1. The number of rotatable bonds is 3. The lowest BCUT2D eigenvalue weighted by molar-refractivity contribution is 0.757. The first-order valence-electron chi connectivity index (χ1n) is 12.6. The highest BCUT2D eigenvalue weighted by Crippen LogP contribution is 2.17. The number of aromatic nitrogens is 6. The molecule has 0 saturated carbocycles. The van der Waals surface area contributed by atoms with Gasteiger partial charge in [-0.2, -0.15) is 15.3 Å². The number of hydrogen-bond acceptors (Lipinski definition) is 3. The van der Waals surface area contributed by atoms with E-state index in [9.17, 15) is 0 Å². The molecule has 6 aromatic heterocycles. The summed E-state index contributed by atoms with van der Waals surface area (Å²) in [7, 11) is 0. The lowest BCUT2D eigenvalue weighted by Crippen LogP contribution is -1.99. The van der Waals surface area contributed by atoms with Crippen molar-refractivity contribution in [2.75, 3.05) is 0 Å². The lowest BCUT2D eigenvalue weighted by atomic mass is 10.1. The first-order chi connectivity index (χ1) is 17.3. The molecular formula is C30H36N6. The maximum absolute atomic E-state index is 4.26. The third kappa shape index (κ3) is 5.82. The van der Waals surface area contributed by atoms with E-state index in [0.717, 1.165) is 5.52 Å². The van der Waals surface area contributed by atoms with Crippen molar-refractivity contribution in [3.63, 3.8) is 0 Å². The molecule has 0 amide bonds. The number of pyridine rings is 3. The monoisotopic (exact) mass is 480 g/mol. The van der Waals surface area contributed by atoms with Crippen LogP contribution in [-0.4, -0.2) is 28.8 Å². The van der Waals surface area contributed by atoms with Crippen LogP contribution in [0.25, 0.3) is 16.6 Å². The van der Waals surface area contributed by atoms with Gasteiger partial charge in [0.05, 0.1) is 16.6 Å². The van der Waals surface area contributed by atoms with Gasteiger partial charge in [-0.3, -0.25) is 0 Å². The molecule has 0 N–H and O–H groups in total. The molecule has 186 valence electrons. The van der Waals surface area contributed by atoms with Crippen LogP contribution in [0.4, 0.5) is 0 Å². The van der Waals surface area contributed by atoms with Crippen molar-refractivity contribution in [1.82, 2.24) is 28.8 Å². The van der Waals surface area contributed by atoms with Crippen LogP contribution in [0.5, 0.6) is 0 Å². The van der Waals surface area contributed by atoms with Crippen molar-refractivity contribution in [2.45, 2.75) is 59.3 Å². The van der Waals surface area contributed by atoms with Gasteiger partial charge in [-0.25, -0.2) is 13.5 Å². The highest BCUT2D eigenvalue weighted by molar-refractivity contribution is 5.48. The Morgan fingerprint density at radius 2 is 1.22 bits per heavy atom. The minimum atomic E-state index is 0.522. The molecule has 0 bridgehead atoms. The summed E-state index contributed by atoms with van der Waals surface area (Å²) in [5.74, 6) is 1.68. The molecule has 6 heteroatoms. The Hall–Kier alpha value is -3.93. The molecule has 0 spiro atoms. The number of fused-ring (bicyclic) bond motifs is 3. The predicted molar refractivity (Wildman–Crippen MR) is 148 cm³/mol. The van der Waals surface area contributed by atoms with Crippen molar-refractivity contribution in [3.8, 4) is 0 Å². The van der Waals surface area contributed by atoms with E-state index in [1.54, 1.807) is 0 Å². The highest BCUT2D eigenvalue weighted by Gasteiger charge is 2.04. The molecule has 0 saturated heterocycles. The average molecular weight is 481 g/mol. The second-order valence-corrected chi connectivity index (χ2v) is 9.91. The standard InChI is InChI=1S/3C10H12N2/c1-8(2)9-4-6-12-10(7-9)3-5-11-12;1-8(2)9-3-4-10-5-6-11-12(10)7-9;1-8(2)10-5-3-4-9-6-7-11-12(9)10/h3*3-8H,1-2H3. The molecule has 6 nitrogen and oxygen atoms in total. The van der Waals surface area contributed by atoms with E-state index in [2.05, 4.69) is 105 Å². The molecule has 6 rings (SSSR count). The number of hydrogen-bond donors (Lipinski definition) is 0. The maximum Gasteiger partial charge on any atom is 0.0664 e. The third-order valence-electron chi connectivity index (χ3n) is 6.22. The van der Waals surface area contributed by atoms with Crippen LogP contribution in [0, 0.1) is 0 Å². The van der Waals surface area contributed by atoms with E-state index in [-0.39, 0.29) is 0 Å². The zero-order chi connectivity index (χ0) is 25.7. The summed E-state index contributed by atoms with van der Waals surface area (Å²) < 4.78 is 5.78. The summed E-state index contributed by atoms with van der Waals surface area (Å²) in [5, 5.41) is 12.6. The van der Waals surface area contributed by atoms with Crippen LogP contribution < -0.4 is 0 Å². The lowest BCUT2D eigenvalue weighted by Gasteiger charge is -2.06. The quantitative estimate of drug-likeness (QED) is 0.266. The van der Waals surface area contributed by atoms with Gasteiger partial charge in [0.25, 0.3) is 0 Å². The van der Waals surface area contributed by atoms with Gasteiger partial charge < -0.3 is 0 Å². The molecule has 0 atom stereocenters. The third-order valence-corrected chi connectivity index (χ3v) is 6.22. The summed E-state index contributed by atoms with van der Waals surface area (Å²) in [6.07, 6.45) is 9.56. The summed E-state index contributed by atoms with van der Waals surface area (Å²) in [4.78, 5) is 0. The molecule has 0 aliphatic heterocycles. The molecule has 6 heterocycles. The molecule has 0 aromatic carbocycles. The van der Waals surface area contributed by atoms with Crippen LogP contribution in [0.1, 0.15) is 76.1 Å². The predicted octanol–water partition coefficient (Wildman–Crippen LogP) is 7.37. The molecule has 36 heavy (non-hydrogen) atoms. The van der Waals surface area contributed by atoms with Gasteiger partial charge in [0.15, 0.2) is 0 Å². The van der Waals surface area contributed by atoms with Gasteiger partial charge >= 0.3 is 0 Å². The van der Waals surface area contributed by atoms with E-state index in [0.29, 0.717) is 17.8 Å². The molecule has 0 unspecified atom stereocenters. The molecule has 0 aliphatic rings. The molecule has 6 aromatic rings.